The third-order valence-corrected chi connectivity index (χ3v) is 6.45. The summed E-state index contributed by atoms with van der Waals surface area (Å²) in [7, 11) is -4.32. The molecule has 0 saturated carbocycles. The highest BCUT2D eigenvalue weighted by Crippen LogP contribution is 2.43. The number of nitrogens with two attached hydrogens (primary N) is 1. The van der Waals surface area contributed by atoms with Crippen LogP contribution >= 0.6 is 7.82 Å². The van der Waals surface area contributed by atoms with E-state index in [2.05, 4.69) is 11.4 Å². The van der Waals surface area contributed by atoms with Gasteiger partial charge in [0.2, 0.25) is 0 Å². The lowest BCUT2D eigenvalue weighted by Gasteiger charge is -2.19. The first-order chi connectivity index (χ1) is 16.8. The Bertz CT molecular complexity index is 576. The number of unbranched alkanes of at least 4 members (excludes halogenated alkanes) is 12. The molecule has 0 heterocycles. The molecule has 0 aliphatic heterocycles. The summed E-state index contributed by atoms with van der Waals surface area (Å²) >= 11 is 0. The van der Waals surface area contributed by atoms with E-state index in [1.165, 1.54) is 64.2 Å². The quantitative estimate of drug-likeness (QED) is 0.0862. The van der Waals surface area contributed by atoms with Crippen LogP contribution in [0.4, 0.5) is 0 Å². The van der Waals surface area contributed by atoms with Crippen molar-refractivity contribution >= 4 is 19.8 Å². The summed E-state index contributed by atoms with van der Waals surface area (Å²) in [6.45, 7) is 3.29. The monoisotopic (exact) mass is 523 g/mol. The van der Waals surface area contributed by atoms with Gasteiger partial charge in [-0.3, -0.25) is 18.6 Å². The molecular formula is C25H50NO8P. The van der Waals surface area contributed by atoms with Crippen LogP contribution in [-0.2, 0) is 32.7 Å². The van der Waals surface area contributed by atoms with E-state index in [4.69, 9.17) is 19.7 Å². The third-order valence-electron chi connectivity index (χ3n) is 5.46. The van der Waals surface area contributed by atoms with Gasteiger partial charge >= 0.3 is 19.8 Å². The van der Waals surface area contributed by atoms with Crippen molar-refractivity contribution in [3.05, 3.63) is 0 Å². The fraction of sp³-hybridized carbons (Fsp3) is 0.920. The van der Waals surface area contributed by atoms with Crippen LogP contribution in [0.25, 0.3) is 0 Å². The first kappa shape index (κ1) is 34.0. The average molecular weight is 524 g/mol. The summed E-state index contributed by atoms with van der Waals surface area (Å²) < 4.78 is 31.7. The number of hydrogen-bond acceptors (Lipinski definition) is 8. The molecule has 0 aliphatic carbocycles. The summed E-state index contributed by atoms with van der Waals surface area (Å²) in [6.07, 6.45) is 16.0. The molecule has 3 N–H and O–H groups in total. The Morgan fingerprint density at radius 3 is 1.80 bits per heavy atom. The van der Waals surface area contributed by atoms with Gasteiger partial charge in [0, 0.05) is 19.4 Å². The molecule has 0 aromatic rings. The Kier molecular flexibility index (Phi) is 22.7. The molecule has 0 aromatic heterocycles. The van der Waals surface area contributed by atoms with Gasteiger partial charge in [-0.15, -0.1) is 0 Å². The molecule has 0 amide bonds. The number of carbonyl (C=O) groups is 2. The molecule has 0 fully saturated rings. The van der Waals surface area contributed by atoms with Crippen molar-refractivity contribution in [2.75, 3.05) is 26.4 Å². The van der Waals surface area contributed by atoms with E-state index < -0.39 is 32.5 Å². The fourth-order valence-corrected chi connectivity index (χ4v) is 4.26. The number of ether oxygens (including phenoxy) is 2. The zero-order valence-electron chi connectivity index (χ0n) is 22.0. The number of phosphoric acid groups is 1. The van der Waals surface area contributed by atoms with Gasteiger partial charge in [-0.1, -0.05) is 90.9 Å². The minimum absolute atomic E-state index is 0.0552. The van der Waals surface area contributed by atoms with Crippen LogP contribution in [0.1, 0.15) is 117 Å². The Balaban J connectivity index is 3.99. The van der Waals surface area contributed by atoms with E-state index in [0.29, 0.717) is 6.42 Å². The van der Waals surface area contributed by atoms with Gasteiger partial charge in [0.05, 0.1) is 13.2 Å². The van der Waals surface area contributed by atoms with Crippen molar-refractivity contribution in [2.45, 2.75) is 123 Å². The SMILES string of the molecule is CCCCCCCCCCCCCCCC(=O)OC[C@H](COP(=O)(O)OCCN)OC(=O)CCC. The second-order valence-electron chi connectivity index (χ2n) is 8.92. The Hall–Kier alpha value is -0.990. The van der Waals surface area contributed by atoms with Crippen LogP contribution in [0.15, 0.2) is 0 Å². The summed E-state index contributed by atoms with van der Waals surface area (Å²) in [5.41, 5.74) is 5.24. The first-order valence-electron chi connectivity index (χ1n) is 13.5. The lowest BCUT2D eigenvalue weighted by Crippen LogP contribution is -2.29. The number of carbonyl (C=O) groups excluding carboxylic acids is 2. The molecule has 0 saturated heterocycles. The molecule has 0 bridgehead atoms. The van der Waals surface area contributed by atoms with E-state index in [-0.39, 0.29) is 32.6 Å². The van der Waals surface area contributed by atoms with Gasteiger partial charge in [0.25, 0.3) is 0 Å². The van der Waals surface area contributed by atoms with Crippen LogP contribution in [0.5, 0.6) is 0 Å². The number of esters is 2. The van der Waals surface area contributed by atoms with Gasteiger partial charge in [-0.2, -0.15) is 0 Å². The van der Waals surface area contributed by atoms with E-state index in [1.807, 2.05) is 6.92 Å². The van der Waals surface area contributed by atoms with Crippen LogP contribution in [0, 0.1) is 0 Å². The number of hydrogen-bond donors (Lipinski definition) is 2. The normalized spacial score (nSPS) is 13.8. The molecule has 10 heteroatoms. The van der Waals surface area contributed by atoms with Crippen molar-refractivity contribution in [1.82, 2.24) is 0 Å². The highest BCUT2D eigenvalue weighted by molar-refractivity contribution is 7.47. The minimum Gasteiger partial charge on any atom is -0.462 e. The predicted octanol–water partition coefficient (Wildman–Crippen LogP) is 5.82. The van der Waals surface area contributed by atoms with Gasteiger partial charge in [0.15, 0.2) is 6.10 Å². The van der Waals surface area contributed by atoms with Crippen LogP contribution < -0.4 is 5.73 Å². The third kappa shape index (κ3) is 23.2. The lowest BCUT2D eigenvalue weighted by atomic mass is 10.0. The van der Waals surface area contributed by atoms with E-state index in [1.54, 1.807) is 0 Å². The lowest BCUT2D eigenvalue weighted by molar-refractivity contribution is -0.161. The van der Waals surface area contributed by atoms with E-state index >= 15 is 0 Å². The Labute approximate surface area is 212 Å². The molecule has 0 aliphatic rings. The smallest absolute Gasteiger partial charge is 0.462 e. The van der Waals surface area contributed by atoms with Crippen molar-refractivity contribution in [3.8, 4) is 0 Å². The van der Waals surface area contributed by atoms with E-state index in [0.717, 1.165) is 19.3 Å². The zero-order valence-corrected chi connectivity index (χ0v) is 22.9. The fourth-order valence-electron chi connectivity index (χ4n) is 3.49. The maximum absolute atomic E-state index is 12.1. The van der Waals surface area contributed by atoms with Crippen molar-refractivity contribution < 1.29 is 37.6 Å². The van der Waals surface area contributed by atoms with Gasteiger partial charge in [-0.05, 0) is 12.8 Å². The first-order valence-corrected chi connectivity index (χ1v) is 15.0. The zero-order chi connectivity index (χ0) is 26.2. The second kappa shape index (κ2) is 23.4. The molecule has 1 unspecified atom stereocenters. The summed E-state index contributed by atoms with van der Waals surface area (Å²) in [5.74, 6) is -0.888. The van der Waals surface area contributed by atoms with Crippen LogP contribution in [0.3, 0.4) is 0 Å². The standard InChI is InChI=1S/C25H50NO8P/c1-3-5-6-7-8-9-10-11-12-13-14-15-16-18-24(27)31-21-23(34-25(28)17-4-2)22-33-35(29,30)32-20-19-26/h23H,3-22,26H2,1-2H3,(H,29,30)/t23-/m1/s1. The maximum Gasteiger partial charge on any atom is 0.472 e. The Morgan fingerprint density at radius 1 is 0.743 bits per heavy atom. The highest BCUT2D eigenvalue weighted by Gasteiger charge is 2.25. The van der Waals surface area contributed by atoms with Gasteiger partial charge < -0.3 is 20.1 Å². The average Bonchev–Trinajstić information content (AvgIpc) is 2.82. The molecular weight excluding hydrogens is 473 g/mol. The minimum atomic E-state index is -4.32. The topological polar surface area (TPSA) is 134 Å². The Morgan fingerprint density at radius 2 is 1.29 bits per heavy atom. The van der Waals surface area contributed by atoms with E-state index in [9.17, 15) is 19.0 Å². The molecule has 0 aromatic carbocycles. The van der Waals surface area contributed by atoms with Crippen LogP contribution in [-0.4, -0.2) is 49.3 Å². The van der Waals surface area contributed by atoms with Crippen molar-refractivity contribution in [3.63, 3.8) is 0 Å². The molecule has 35 heavy (non-hydrogen) atoms. The molecule has 0 spiro atoms. The molecule has 9 nitrogen and oxygen atoms in total. The highest BCUT2D eigenvalue weighted by atomic mass is 31.2. The summed E-state index contributed by atoms with van der Waals surface area (Å²) in [4.78, 5) is 33.5. The maximum atomic E-state index is 12.1. The number of phosphoric ester groups is 1. The summed E-state index contributed by atoms with van der Waals surface area (Å²) in [6, 6.07) is 0. The largest absolute Gasteiger partial charge is 0.472 e. The second-order valence-corrected chi connectivity index (χ2v) is 10.4. The van der Waals surface area contributed by atoms with Gasteiger partial charge in [-0.25, -0.2) is 4.57 Å². The van der Waals surface area contributed by atoms with Gasteiger partial charge in [0.1, 0.15) is 6.61 Å². The number of rotatable bonds is 25. The van der Waals surface area contributed by atoms with Crippen LogP contribution in [0.2, 0.25) is 0 Å². The molecule has 2 atom stereocenters. The van der Waals surface area contributed by atoms with Crippen molar-refractivity contribution in [1.29, 1.82) is 0 Å². The molecule has 208 valence electrons. The molecule has 0 radical (unpaired) electrons. The summed E-state index contributed by atoms with van der Waals surface area (Å²) in [5, 5.41) is 0. The van der Waals surface area contributed by atoms with Crippen molar-refractivity contribution in [2.24, 2.45) is 5.73 Å². The molecule has 0 rings (SSSR count). The predicted molar refractivity (Wildman–Crippen MR) is 137 cm³/mol.